The zero-order valence-electron chi connectivity index (χ0n) is 9.91. The van der Waals surface area contributed by atoms with Crippen LogP contribution in [0.5, 0.6) is 0 Å². The number of hydrogen-bond acceptors (Lipinski definition) is 3. The molecule has 1 aliphatic heterocycles. The van der Waals surface area contributed by atoms with Gasteiger partial charge in [-0.3, -0.25) is 9.59 Å². The van der Waals surface area contributed by atoms with Gasteiger partial charge in [-0.05, 0) is 18.2 Å². The van der Waals surface area contributed by atoms with Gasteiger partial charge in [0.05, 0.1) is 17.6 Å². The first kappa shape index (κ1) is 11.6. The lowest BCUT2D eigenvalue weighted by Crippen LogP contribution is -2.32. The van der Waals surface area contributed by atoms with Crippen molar-refractivity contribution in [2.45, 2.75) is 6.54 Å². The third-order valence-electron chi connectivity index (χ3n) is 3.07. The van der Waals surface area contributed by atoms with Gasteiger partial charge in [-0.25, -0.2) is 9.37 Å². The van der Waals surface area contributed by atoms with Gasteiger partial charge in [-0.1, -0.05) is 0 Å². The Morgan fingerprint density at radius 3 is 2.79 bits per heavy atom. The molecule has 0 saturated heterocycles. The molecule has 5 nitrogen and oxygen atoms in total. The first-order valence-electron chi connectivity index (χ1n) is 5.78. The van der Waals surface area contributed by atoms with Crippen molar-refractivity contribution in [3.63, 3.8) is 0 Å². The number of halogens is 1. The fourth-order valence-corrected chi connectivity index (χ4v) is 2.13. The fraction of sp³-hybridized carbons (Fsp3) is 0.154. The minimum atomic E-state index is -0.653. The average molecular weight is 259 g/mol. The molecule has 1 amide bonds. The number of anilines is 1. The number of carbonyl (C=O) groups excluding carboxylic acids is 2. The molecule has 0 unspecified atom stereocenters. The van der Waals surface area contributed by atoms with Gasteiger partial charge >= 0.3 is 0 Å². The number of amides is 1. The number of hydrogen-bond donors (Lipinski definition) is 0. The lowest BCUT2D eigenvalue weighted by atomic mass is 10.1. The van der Waals surface area contributed by atoms with E-state index >= 15 is 0 Å². The van der Waals surface area contributed by atoms with Crippen LogP contribution in [0, 0.1) is 5.82 Å². The highest BCUT2D eigenvalue weighted by Gasteiger charge is 2.35. The Hall–Kier alpha value is -2.50. The number of aromatic nitrogens is 2. The van der Waals surface area contributed by atoms with E-state index in [0.717, 1.165) is 6.07 Å². The Morgan fingerprint density at radius 1 is 1.21 bits per heavy atom. The van der Waals surface area contributed by atoms with Crippen molar-refractivity contribution >= 4 is 17.4 Å². The summed E-state index contributed by atoms with van der Waals surface area (Å²) < 4.78 is 14.9. The van der Waals surface area contributed by atoms with Crippen molar-refractivity contribution in [2.75, 3.05) is 11.4 Å². The van der Waals surface area contributed by atoms with Crippen LogP contribution < -0.4 is 4.90 Å². The highest BCUT2D eigenvalue weighted by Crippen LogP contribution is 2.29. The second-order valence-electron chi connectivity index (χ2n) is 4.25. The summed E-state index contributed by atoms with van der Waals surface area (Å²) in [7, 11) is 0. The molecule has 2 aromatic rings. The molecule has 1 aliphatic rings. The van der Waals surface area contributed by atoms with Crippen LogP contribution in [0.4, 0.5) is 10.1 Å². The van der Waals surface area contributed by atoms with E-state index in [4.69, 9.17) is 0 Å². The van der Waals surface area contributed by atoms with Gasteiger partial charge in [0, 0.05) is 25.5 Å². The third kappa shape index (κ3) is 1.91. The first-order valence-corrected chi connectivity index (χ1v) is 5.78. The summed E-state index contributed by atoms with van der Waals surface area (Å²) in [6.07, 6.45) is 5.04. The van der Waals surface area contributed by atoms with Crippen LogP contribution in [0.2, 0.25) is 0 Å². The Bertz CT molecular complexity index is 652. The van der Waals surface area contributed by atoms with E-state index in [1.54, 1.807) is 23.3 Å². The van der Waals surface area contributed by atoms with Crippen molar-refractivity contribution in [1.82, 2.24) is 9.55 Å². The van der Waals surface area contributed by atoms with Crippen molar-refractivity contribution in [3.05, 3.63) is 48.3 Å². The summed E-state index contributed by atoms with van der Waals surface area (Å²) in [5, 5.41) is 0. The fourth-order valence-electron chi connectivity index (χ4n) is 2.13. The van der Waals surface area contributed by atoms with E-state index in [2.05, 4.69) is 4.98 Å². The molecule has 0 fully saturated rings. The van der Waals surface area contributed by atoms with Crippen molar-refractivity contribution < 1.29 is 14.0 Å². The maximum absolute atomic E-state index is 13.1. The van der Waals surface area contributed by atoms with E-state index in [-0.39, 0.29) is 5.56 Å². The molecule has 1 aromatic heterocycles. The lowest BCUT2D eigenvalue weighted by Gasteiger charge is -2.16. The van der Waals surface area contributed by atoms with Crippen LogP contribution in [0.3, 0.4) is 0 Å². The molecule has 96 valence electrons. The predicted octanol–water partition coefficient (Wildman–Crippen LogP) is 1.25. The van der Waals surface area contributed by atoms with Crippen molar-refractivity contribution in [1.29, 1.82) is 0 Å². The highest BCUT2D eigenvalue weighted by molar-refractivity contribution is 6.52. The molecule has 0 bridgehead atoms. The minimum absolute atomic E-state index is 0.135. The summed E-state index contributed by atoms with van der Waals surface area (Å²) in [6, 6.07) is 3.81. The number of rotatable bonds is 3. The van der Waals surface area contributed by atoms with Gasteiger partial charge in [-0.2, -0.15) is 0 Å². The average Bonchev–Trinajstić information content (AvgIpc) is 2.98. The summed E-state index contributed by atoms with van der Waals surface area (Å²) in [4.78, 5) is 28.9. The van der Waals surface area contributed by atoms with Gasteiger partial charge in [0.15, 0.2) is 0 Å². The topological polar surface area (TPSA) is 55.2 Å². The molecule has 1 aromatic carbocycles. The Labute approximate surface area is 108 Å². The second-order valence-corrected chi connectivity index (χ2v) is 4.25. The highest BCUT2D eigenvalue weighted by atomic mass is 19.1. The predicted molar refractivity (Wildman–Crippen MR) is 65.3 cm³/mol. The molecule has 6 heteroatoms. The van der Waals surface area contributed by atoms with Crippen molar-refractivity contribution in [2.24, 2.45) is 0 Å². The van der Waals surface area contributed by atoms with Crippen LogP contribution in [-0.2, 0) is 11.3 Å². The van der Waals surface area contributed by atoms with Gasteiger partial charge in [0.1, 0.15) is 5.82 Å². The normalized spacial score (nSPS) is 14.1. The molecular formula is C13H10FN3O2. The van der Waals surface area contributed by atoms with Crippen LogP contribution >= 0.6 is 0 Å². The minimum Gasteiger partial charge on any atom is -0.336 e. The second kappa shape index (κ2) is 4.31. The number of ketones is 1. The molecular weight excluding hydrogens is 249 g/mol. The quantitative estimate of drug-likeness (QED) is 0.779. The molecule has 2 heterocycles. The zero-order chi connectivity index (χ0) is 13.4. The number of imidazole rings is 1. The maximum Gasteiger partial charge on any atom is 0.299 e. The number of Topliss-reactive ketones (excluding diaryl/α,β-unsaturated/α-hetero) is 1. The van der Waals surface area contributed by atoms with Crippen LogP contribution in [-0.4, -0.2) is 27.8 Å². The number of fused-ring (bicyclic) bond motifs is 1. The third-order valence-corrected chi connectivity index (χ3v) is 3.07. The molecule has 0 radical (unpaired) electrons. The van der Waals surface area contributed by atoms with Crippen LogP contribution in [0.15, 0.2) is 36.9 Å². The van der Waals surface area contributed by atoms with Gasteiger partial charge in [0.2, 0.25) is 0 Å². The monoisotopic (exact) mass is 259 g/mol. The van der Waals surface area contributed by atoms with Gasteiger partial charge in [0.25, 0.3) is 11.7 Å². The largest absolute Gasteiger partial charge is 0.336 e. The van der Waals surface area contributed by atoms with E-state index in [1.807, 2.05) is 0 Å². The molecule has 0 aliphatic carbocycles. The zero-order valence-corrected chi connectivity index (χ0v) is 9.91. The van der Waals surface area contributed by atoms with E-state index in [9.17, 15) is 14.0 Å². The number of carbonyl (C=O) groups is 2. The molecule has 0 atom stereocenters. The van der Waals surface area contributed by atoms with Gasteiger partial charge in [-0.15, -0.1) is 0 Å². The molecule has 0 N–H and O–H groups in total. The smallest absolute Gasteiger partial charge is 0.299 e. The number of benzene rings is 1. The Kier molecular flexibility index (Phi) is 2.63. The van der Waals surface area contributed by atoms with Gasteiger partial charge < -0.3 is 9.47 Å². The van der Waals surface area contributed by atoms with Crippen LogP contribution in [0.25, 0.3) is 0 Å². The molecule has 0 saturated carbocycles. The summed E-state index contributed by atoms with van der Waals surface area (Å²) in [5.41, 5.74) is 0.604. The first-order chi connectivity index (χ1) is 9.16. The standard InChI is InChI=1S/C13H10FN3O2/c14-9-1-2-11-10(7-9)12(18)13(19)17(11)6-5-16-4-3-15-8-16/h1-4,7-8H,5-6H2. The van der Waals surface area contributed by atoms with E-state index in [0.29, 0.717) is 18.8 Å². The summed E-state index contributed by atoms with van der Waals surface area (Å²) in [5.74, 6) is -1.78. The molecule has 19 heavy (non-hydrogen) atoms. The Balaban J connectivity index is 1.87. The summed E-state index contributed by atoms with van der Waals surface area (Å²) in [6.45, 7) is 0.870. The Morgan fingerprint density at radius 2 is 2.05 bits per heavy atom. The molecule has 3 rings (SSSR count). The lowest BCUT2D eigenvalue weighted by molar-refractivity contribution is -0.114. The van der Waals surface area contributed by atoms with Crippen LogP contribution in [0.1, 0.15) is 10.4 Å². The van der Waals surface area contributed by atoms with E-state index in [1.165, 1.54) is 17.0 Å². The number of nitrogens with zero attached hydrogens (tertiary/aromatic N) is 3. The van der Waals surface area contributed by atoms with Crippen molar-refractivity contribution in [3.8, 4) is 0 Å². The van der Waals surface area contributed by atoms with E-state index < -0.39 is 17.5 Å². The maximum atomic E-state index is 13.1. The SMILES string of the molecule is O=C1C(=O)N(CCn2ccnc2)c2ccc(F)cc21. The summed E-state index contributed by atoms with van der Waals surface area (Å²) >= 11 is 0. The molecule has 0 spiro atoms.